The molecule has 96 valence electrons. The molecule has 3 fully saturated rings. The highest BCUT2D eigenvalue weighted by molar-refractivity contribution is 5.78. The monoisotopic (exact) mass is 238 g/mol. The van der Waals surface area contributed by atoms with Crippen molar-refractivity contribution in [2.75, 3.05) is 6.54 Å². The predicted molar refractivity (Wildman–Crippen MR) is 64.0 cm³/mol. The quantitative estimate of drug-likeness (QED) is 0.657. The highest BCUT2D eigenvalue weighted by Gasteiger charge is 2.53. The van der Waals surface area contributed by atoms with Crippen LogP contribution in [-0.4, -0.2) is 29.7 Å². The van der Waals surface area contributed by atoms with E-state index in [-0.39, 0.29) is 0 Å². The second kappa shape index (κ2) is 4.25. The van der Waals surface area contributed by atoms with Crippen LogP contribution in [0, 0.1) is 23.7 Å². The van der Waals surface area contributed by atoms with Gasteiger partial charge in [-0.3, -0.25) is 4.79 Å². The zero-order valence-electron chi connectivity index (χ0n) is 10.1. The summed E-state index contributed by atoms with van der Waals surface area (Å²) in [6, 6.07) is 0.508. The first-order chi connectivity index (χ1) is 8.16. The van der Waals surface area contributed by atoms with Gasteiger partial charge in [0.15, 0.2) is 0 Å². The molecule has 2 bridgehead atoms. The average Bonchev–Trinajstić information content (AvgIpc) is 2.96. The summed E-state index contributed by atoms with van der Waals surface area (Å²) in [5.41, 5.74) is 5.05. The standard InChI is InChI=1S/C13H22N2O2/c14-13(17)12(16)6-15-11-5-7-4-10(11)9-3-1-2-8(7)9/h7-12,15-16H,1-6H2,(H2,14,17). The number of hydrogen-bond donors (Lipinski definition) is 3. The molecule has 3 saturated carbocycles. The summed E-state index contributed by atoms with van der Waals surface area (Å²) in [5, 5.41) is 12.8. The molecule has 1 amide bonds. The maximum Gasteiger partial charge on any atom is 0.247 e. The number of aliphatic hydroxyl groups excluding tert-OH is 1. The number of carbonyl (C=O) groups excluding carboxylic acids is 1. The second-order valence-corrected chi connectivity index (χ2v) is 6.09. The number of primary amides is 1. The van der Waals surface area contributed by atoms with Gasteiger partial charge in [0.25, 0.3) is 0 Å². The third-order valence-corrected chi connectivity index (χ3v) is 5.33. The maximum atomic E-state index is 10.8. The number of fused-ring (bicyclic) bond motifs is 5. The smallest absolute Gasteiger partial charge is 0.247 e. The first-order valence-corrected chi connectivity index (χ1v) is 6.87. The molecule has 4 N–H and O–H groups in total. The summed E-state index contributed by atoms with van der Waals surface area (Å²) in [4.78, 5) is 10.8. The molecule has 0 spiro atoms. The predicted octanol–water partition coefficient (Wildman–Crippen LogP) is 0.247. The van der Waals surface area contributed by atoms with E-state index in [4.69, 9.17) is 5.73 Å². The van der Waals surface area contributed by atoms with Crippen LogP contribution in [0.5, 0.6) is 0 Å². The first kappa shape index (κ1) is 11.5. The van der Waals surface area contributed by atoms with E-state index in [1.54, 1.807) is 0 Å². The zero-order chi connectivity index (χ0) is 12.0. The van der Waals surface area contributed by atoms with Crippen LogP contribution >= 0.6 is 0 Å². The third-order valence-electron chi connectivity index (χ3n) is 5.33. The van der Waals surface area contributed by atoms with Gasteiger partial charge >= 0.3 is 0 Å². The van der Waals surface area contributed by atoms with Crippen molar-refractivity contribution in [1.82, 2.24) is 5.32 Å². The lowest BCUT2D eigenvalue weighted by Gasteiger charge is -2.32. The number of rotatable bonds is 4. The van der Waals surface area contributed by atoms with Crippen molar-refractivity contribution < 1.29 is 9.90 Å². The van der Waals surface area contributed by atoms with Gasteiger partial charge in [0.2, 0.25) is 5.91 Å². The molecule has 0 heterocycles. The summed E-state index contributed by atoms with van der Waals surface area (Å²) in [7, 11) is 0. The van der Waals surface area contributed by atoms with Crippen LogP contribution < -0.4 is 11.1 Å². The Labute approximate surface area is 102 Å². The van der Waals surface area contributed by atoms with E-state index in [9.17, 15) is 9.90 Å². The number of hydrogen-bond acceptors (Lipinski definition) is 3. The molecule has 0 saturated heterocycles. The largest absolute Gasteiger partial charge is 0.382 e. The highest BCUT2D eigenvalue weighted by atomic mass is 16.3. The summed E-state index contributed by atoms with van der Waals surface area (Å²) < 4.78 is 0. The molecule has 4 nitrogen and oxygen atoms in total. The van der Waals surface area contributed by atoms with E-state index in [0.717, 1.165) is 23.7 Å². The molecule has 0 aliphatic heterocycles. The van der Waals surface area contributed by atoms with Gasteiger partial charge in [-0.15, -0.1) is 0 Å². The number of amides is 1. The lowest BCUT2D eigenvalue weighted by atomic mass is 9.79. The van der Waals surface area contributed by atoms with Crippen molar-refractivity contribution >= 4 is 5.91 Å². The summed E-state index contributed by atoms with van der Waals surface area (Å²) >= 11 is 0. The fourth-order valence-electron chi connectivity index (χ4n) is 4.67. The van der Waals surface area contributed by atoms with Crippen LogP contribution in [0.3, 0.4) is 0 Å². The molecule has 6 atom stereocenters. The SMILES string of the molecule is NC(=O)C(O)CNC1CC2CC1C1CCCC21. The fraction of sp³-hybridized carbons (Fsp3) is 0.923. The third kappa shape index (κ3) is 1.87. The lowest BCUT2D eigenvalue weighted by Crippen LogP contribution is -2.45. The summed E-state index contributed by atoms with van der Waals surface area (Å²) in [5.74, 6) is 2.96. The van der Waals surface area contributed by atoms with Crippen LogP contribution in [-0.2, 0) is 4.79 Å². The molecular formula is C13H22N2O2. The molecule has 4 heteroatoms. The number of nitrogens with two attached hydrogens (primary N) is 1. The Balaban J connectivity index is 1.55. The molecule has 0 radical (unpaired) electrons. The minimum atomic E-state index is -1.03. The molecule has 6 unspecified atom stereocenters. The second-order valence-electron chi connectivity index (χ2n) is 6.09. The molecular weight excluding hydrogens is 216 g/mol. The Morgan fingerprint density at radius 3 is 2.82 bits per heavy atom. The van der Waals surface area contributed by atoms with E-state index < -0.39 is 12.0 Å². The molecule has 0 aromatic heterocycles. The van der Waals surface area contributed by atoms with E-state index in [1.807, 2.05) is 0 Å². The Bertz CT molecular complexity index is 321. The van der Waals surface area contributed by atoms with E-state index in [1.165, 1.54) is 32.1 Å². The van der Waals surface area contributed by atoms with Crippen molar-refractivity contribution in [3.8, 4) is 0 Å². The van der Waals surface area contributed by atoms with Gasteiger partial charge in [-0.2, -0.15) is 0 Å². The van der Waals surface area contributed by atoms with E-state index >= 15 is 0 Å². The first-order valence-electron chi connectivity index (χ1n) is 6.87. The van der Waals surface area contributed by atoms with Gasteiger partial charge in [0, 0.05) is 12.6 Å². The molecule has 3 aliphatic rings. The Kier molecular flexibility index (Phi) is 2.87. The number of carbonyl (C=O) groups is 1. The van der Waals surface area contributed by atoms with Crippen LogP contribution in [0.4, 0.5) is 0 Å². The Morgan fingerprint density at radius 1 is 1.29 bits per heavy atom. The van der Waals surface area contributed by atoms with Gasteiger partial charge in [-0.05, 0) is 49.4 Å². The summed E-state index contributed by atoms with van der Waals surface area (Å²) in [6.07, 6.45) is 5.79. The van der Waals surface area contributed by atoms with Crippen LogP contribution in [0.25, 0.3) is 0 Å². The normalized spacial score (nSPS) is 44.9. The number of nitrogens with one attached hydrogen (secondary N) is 1. The minimum absolute atomic E-state index is 0.320. The van der Waals surface area contributed by atoms with Crippen LogP contribution in [0.15, 0.2) is 0 Å². The zero-order valence-corrected chi connectivity index (χ0v) is 10.1. The van der Waals surface area contributed by atoms with Crippen molar-refractivity contribution in [3.05, 3.63) is 0 Å². The minimum Gasteiger partial charge on any atom is -0.382 e. The number of aliphatic hydroxyl groups is 1. The lowest BCUT2D eigenvalue weighted by molar-refractivity contribution is -0.125. The van der Waals surface area contributed by atoms with Crippen molar-refractivity contribution in [3.63, 3.8) is 0 Å². The Morgan fingerprint density at radius 2 is 2.06 bits per heavy atom. The van der Waals surface area contributed by atoms with Crippen molar-refractivity contribution in [1.29, 1.82) is 0 Å². The van der Waals surface area contributed by atoms with Gasteiger partial charge in [-0.1, -0.05) is 6.42 Å². The molecule has 3 aliphatic carbocycles. The molecule has 3 rings (SSSR count). The van der Waals surface area contributed by atoms with Crippen LogP contribution in [0.1, 0.15) is 32.1 Å². The highest BCUT2D eigenvalue weighted by Crippen LogP contribution is 2.58. The topological polar surface area (TPSA) is 75.4 Å². The van der Waals surface area contributed by atoms with Gasteiger partial charge in [-0.25, -0.2) is 0 Å². The summed E-state index contributed by atoms with van der Waals surface area (Å²) in [6.45, 7) is 0.320. The van der Waals surface area contributed by atoms with Crippen molar-refractivity contribution in [2.45, 2.75) is 44.2 Å². The van der Waals surface area contributed by atoms with Crippen LogP contribution in [0.2, 0.25) is 0 Å². The van der Waals surface area contributed by atoms with Crippen molar-refractivity contribution in [2.24, 2.45) is 29.4 Å². The maximum absolute atomic E-state index is 10.8. The van der Waals surface area contributed by atoms with E-state index in [0.29, 0.717) is 12.6 Å². The molecule has 17 heavy (non-hydrogen) atoms. The van der Waals surface area contributed by atoms with E-state index in [2.05, 4.69) is 5.32 Å². The Hall–Kier alpha value is -0.610. The fourth-order valence-corrected chi connectivity index (χ4v) is 4.67. The molecule has 0 aromatic carbocycles. The van der Waals surface area contributed by atoms with Gasteiger partial charge < -0.3 is 16.2 Å². The molecule has 0 aromatic rings. The van der Waals surface area contributed by atoms with Gasteiger partial charge in [0.05, 0.1) is 0 Å². The average molecular weight is 238 g/mol. The van der Waals surface area contributed by atoms with Gasteiger partial charge in [0.1, 0.15) is 6.10 Å².